The van der Waals surface area contributed by atoms with Crippen molar-refractivity contribution in [2.45, 2.75) is 37.1 Å². The predicted octanol–water partition coefficient (Wildman–Crippen LogP) is -1.90. The van der Waals surface area contributed by atoms with E-state index < -0.39 is 42.6 Å². The number of rotatable bonds is 3. The summed E-state index contributed by atoms with van der Waals surface area (Å²) in [5.41, 5.74) is -2.64. The van der Waals surface area contributed by atoms with Gasteiger partial charge < -0.3 is 34.7 Å². The van der Waals surface area contributed by atoms with Crippen LogP contribution in [-0.4, -0.2) is 62.5 Å². The molecule has 5 N–H and O–H groups in total. The molecular formula is C12H16O8. The van der Waals surface area contributed by atoms with Crippen molar-refractivity contribution in [3.8, 4) is 0 Å². The lowest BCUT2D eigenvalue weighted by molar-refractivity contribution is -0.335. The van der Waals surface area contributed by atoms with Gasteiger partial charge in [-0.3, -0.25) is 4.79 Å². The molecular weight excluding hydrogens is 272 g/mol. The van der Waals surface area contributed by atoms with E-state index in [1.165, 1.54) is 13.0 Å². The number of aliphatic hydroxyl groups is 5. The van der Waals surface area contributed by atoms with Gasteiger partial charge in [-0.25, -0.2) is 0 Å². The quantitative estimate of drug-likeness (QED) is 0.406. The van der Waals surface area contributed by atoms with Crippen LogP contribution in [0.15, 0.2) is 16.7 Å². The second kappa shape index (κ2) is 5.24. The van der Waals surface area contributed by atoms with E-state index in [-0.39, 0.29) is 11.3 Å². The van der Waals surface area contributed by atoms with Crippen LogP contribution in [0.1, 0.15) is 23.0 Å². The van der Waals surface area contributed by atoms with Gasteiger partial charge in [0.1, 0.15) is 18.3 Å². The standard InChI is InChI=1S/C12H16O8/c1-5(14)9-6(2-3-19-9)12(18)10(16)8(15)7(4-13)20-11(12)17/h2-3,7-8,10-11,13,15-18H,4H2,1H3/t7-,8-,10+,11+,12-/m1/s1. The molecule has 0 bridgehead atoms. The lowest BCUT2D eigenvalue weighted by atomic mass is 9.80. The van der Waals surface area contributed by atoms with E-state index in [2.05, 4.69) is 0 Å². The second-order valence-corrected chi connectivity index (χ2v) is 4.69. The molecule has 5 atom stereocenters. The van der Waals surface area contributed by atoms with Gasteiger partial charge in [-0.15, -0.1) is 0 Å². The third-order valence-corrected chi connectivity index (χ3v) is 3.43. The molecule has 1 aromatic heterocycles. The van der Waals surface area contributed by atoms with E-state index >= 15 is 0 Å². The van der Waals surface area contributed by atoms with Crippen LogP contribution in [0.2, 0.25) is 0 Å². The van der Waals surface area contributed by atoms with Gasteiger partial charge in [-0.05, 0) is 6.07 Å². The number of aliphatic hydroxyl groups excluding tert-OH is 4. The van der Waals surface area contributed by atoms with Gasteiger partial charge in [0.05, 0.1) is 12.9 Å². The van der Waals surface area contributed by atoms with Gasteiger partial charge in [-0.2, -0.15) is 0 Å². The van der Waals surface area contributed by atoms with E-state index in [1.807, 2.05) is 0 Å². The first-order chi connectivity index (χ1) is 9.33. The summed E-state index contributed by atoms with van der Waals surface area (Å²) in [6.45, 7) is 0.525. The zero-order valence-corrected chi connectivity index (χ0v) is 10.6. The average molecular weight is 288 g/mol. The lowest BCUT2D eigenvalue weighted by Gasteiger charge is -2.45. The summed E-state index contributed by atoms with van der Waals surface area (Å²) in [4.78, 5) is 11.4. The fourth-order valence-corrected chi connectivity index (χ4v) is 2.30. The van der Waals surface area contributed by atoms with Crippen molar-refractivity contribution in [2.24, 2.45) is 0 Å². The Kier molecular flexibility index (Phi) is 3.96. The third-order valence-electron chi connectivity index (χ3n) is 3.43. The molecule has 0 unspecified atom stereocenters. The first-order valence-electron chi connectivity index (χ1n) is 5.95. The Morgan fingerprint density at radius 1 is 1.40 bits per heavy atom. The monoisotopic (exact) mass is 288 g/mol. The summed E-state index contributed by atoms with van der Waals surface area (Å²) in [5, 5.41) is 49.2. The van der Waals surface area contributed by atoms with Crippen LogP contribution in [0.4, 0.5) is 0 Å². The summed E-state index contributed by atoms with van der Waals surface area (Å²) in [6, 6.07) is 1.19. The lowest BCUT2D eigenvalue weighted by Crippen LogP contribution is -2.64. The molecule has 8 nitrogen and oxygen atoms in total. The van der Waals surface area contributed by atoms with Crippen molar-refractivity contribution in [3.63, 3.8) is 0 Å². The fraction of sp³-hybridized carbons (Fsp3) is 0.583. The molecule has 1 aliphatic rings. The van der Waals surface area contributed by atoms with Crippen molar-refractivity contribution in [3.05, 3.63) is 23.7 Å². The topological polar surface area (TPSA) is 141 Å². The Morgan fingerprint density at radius 3 is 2.60 bits per heavy atom. The van der Waals surface area contributed by atoms with Crippen molar-refractivity contribution in [1.29, 1.82) is 0 Å². The summed E-state index contributed by atoms with van der Waals surface area (Å²) in [6.07, 6.45) is -5.63. The first kappa shape index (κ1) is 15.1. The number of ether oxygens (including phenoxy) is 1. The van der Waals surface area contributed by atoms with Crippen molar-refractivity contribution in [1.82, 2.24) is 0 Å². The van der Waals surface area contributed by atoms with Crippen LogP contribution in [0.3, 0.4) is 0 Å². The summed E-state index contributed by atoms with van der Waals surface area (Å²) >= 11 is 0. The van der Waals surface area contributed by atoms with Crippen molar-refractivity contribution in [2.75, 3.05) is 6.61 Å². The molecule has 112 valence electrons. The average Bonchev–Trinajstić information content (AvgIpc) is 2.90. The highest BCUT2D eigenvalue weighted by Crippen LogP contribution is 2.39. The second-order valence-electron chi connectivity index (χ2n) is 4.69. The van der Waals surface area contributed by atoms with Gasteiger partial charge in [0, 0.05) is 12.5 Å². The molecule has 1 saturated heterocycles. The summed E-state index contributed by atoms with van der Waals surface area (Å²) in [7, 11) is 0. The van der Waals surface area contributed by atoms with Gasteiger partial charge in [0.25, 0.3) is 0 Å². The molecule has 0 aromatic carbocycles. The molecule has 0 amide bonds. The van der Waals surface area contributed by atoms with Crippen LogP contribution in [-0.2, 0) is 10.3 Å². The third kappa shape index (κ3) is 2.06. The van der Waals surface area contributed by atoms with E-state index in [9.17, 15) is 25.2 Å². The molecule has 8 heteroatoms. The summed E-state index contributed by atoms with van der Waals surface area (Å²) < 4.78 is 9.80. The van der Waals surface area contributed by atoms with E-state index in [1.54, 1.807) is 0 Å². The van der Waals surface area contributed by atoms with Crippen LogP contribution >= 0.6 is 0 Å². The number of hydrogen-bond acceptors (Lipinski definition) is 8. The van der Waals surface area contributed by atoms with Gasteiger partial charge >= 0.3 is 0 Å². The van der Waals surface area contributed by atoms with Crippen molar-refractivity contribution < 1.29 is 39.5 Å². The molecule has 2 heterocycles. The highest BCUT2D eigenvalue weighted by atomic mass is 16.6. The molecule has 0 aliphatic carbocycles. The zero-order chi connectivity index (χ0) is 15.1. The van der Waals surface area contributed by atoms with Crippen LogP contribution in [0.25, 0.3) is 0 Å². The number of Topliss-reactive ketones (excluding diaryl/α,β-unsaturated/α-hetero) is 1. The van der Waals surface area contributed by atoms with Crippen LogP contribution in [0, 0.1) is 0 Å². The van der Waals surface area contributed by atoms with E-state index in [0.29, 0.717) is 0 Å². The van der Waals surface area contributed by atoms with Crippen molar-refractivity contribution >= 4 is 5.78 Å². The minimum Gasteiger partial charge on any atom is -0.461 e. The number of ketones is 1. The van der Waals surface area contributed by atoms with Gasteiger partial charge in [0.15, 0.2) is 23.4 Å². The molecule has 1 aromatic rings. The Morgan fingerprint density at radius 2 is 2.05 bits per heavy atom. The van der Waals surface area contributed by atoms with Gasteiger partial charge in [0.2, 0.25) is 0 Å². The normalized spacial score (nSPS) is 37.9. The number of carbonyl (C=O) groups is 1. The molecule has 0 saturated carbocycles. The highest BCUT2D eigenvalue weighted by Gasteiger charge is 2.57. The SMILES string of the molecule is CC(=O)c1occc1[C@]1(O)[C@@H](O)O[C@H](CO)[C@@H](O)[C@@H]1O. The minimum atomic E-state index is -2.45. The van der Waals surface area contributed by atoms with Crippen LogP contribution < -0.4 is 0 Å². The number of carbonyl (C=O) groups excluding carboxylic acids is 1. The first-order valence-corrected chi connectivity index (χ1v) is 5.95. The maximum absolute atomic E-state index is 11.4. The maximum Gasteiger partial charge on any atom is 0.195 e. The van der Waals surface area contributed by atoms with Gasteiger partial charge in [-0.1, -0.05) is 0 Å². The maximum atomic E-state index is 11.4. The molecule has 1 fully saturated rings. The number of furan rings is 1. The smallest absolute Gasteiger partial charge is 0.195 e. The Balaban J connectivity index is 2.47. The molecule has 20 heavy (non-hydrogen) atoms. The Bertz CT molecular complexity index is 497. The Labute approximate surface area is 113 Å². The van der Waals surface area contributed by atoms with Crippen LogP contribution in [0.5, 0.6) is 0 Å². The molecule has 0 radical (unpaired) electrons. The fourth-order valence-electron chi connectivity index (χ4n) is 2.30. The summed E-state index contributed by atoms with van der Waals surface area (Å²) in [5.74, 6) is -0.791. The van der Waals surface area contributed by atoms with E-state index in [4.69, 9.17) is 14.3 Å². The molecule has 1 aliphatic heterocycles. The zero-order valence-electron chi connectivity index (χ0n) is 10.6. The highest BCUT2D eigenvalue weighted by molar-refractivity contribution is 5.93. The molecule has 0 spiro atoms. The Hall–Kier alpha value is -1.29. The largest absolute Gasteiger partial charge is 0.461 e. The molecule has 2 rings (SSSR count). The van der Waals surface area contributed by atoms with E-state index in [0.717, 1.165) is 6.26 Å². The predicted molar refractivity (Wildman–Crippen MR) is 62.6 cm³/mol. The number of hydrogen-bond donors (Lipinski definition) is 5. The minimum absolute atomic E-state index is 0.194.